The standard InChI is InChI=1S/C13H14FNO2S/c14-10-4-5-13-12(6-10)9(8-18(13,16)17)7-15-11-2-1-3-11/h4-6,8,11,15H,1-3,7H2. The largest absolute Gasteiger partial charge is 0.310 e. The highest BCUT2D eigenvalue weighted by molar-refractivity contribution is 7.95. The van der Waals surface area contributed by atoms with E-state index >= 15 is 0 Å². The molecule has 0 radical (unpaired) electrons. The van der Waals surface area contributed by atoms with E-state index in [2.05, 4.69) is 5.32 Å². The average Bonchev–Trinajstić information content (AvgIpc) is 2.48. The molecule has 0 aromatic heterocycles. The summed E-state index contributed by atoms with van der Waals surface area (Å²) < 4.78 is 37.0. The number of hydrogen-bond acceptors (Lipinski definition) is 3. The third-order valence-corrected chi connectivity index (χ3v) is 5.14. The van der Waals surface area contributed by atoms with Crippen LogP contribution >= 0.6 is 0 Å². The lowest BCUT2D eigenvalue weighted by Crippen LogP contribution is -2.35. The molecule has 0 atom stereocenters. The normalized spacial score (nSPS) is 21.3. The Morgan fingerprint density at radius 2 is 2.11 bits per heavy atom. The summed E-state index contributed by atoms with van der Waals surface area (Å²) in [6, 6.07) is 4.30. The maximum Gasteiger partial charge on any atom is 0.200 e. The van der Waals surface area contributed by atoms with Crippen LogP contribution in [0.4, 0.5) is 4.39 Å². The molecule has 3 rings (SSSR count). The lowest BCUT2D eigenvalue weighted by atomic mass is 9.93. The first-order chi connectivity index (χ1) is 8.56. The van der Waals surface area contributed by atoms with Crippen LogP contribution in [0.15, 0.2) is 28.5 Å². The van der Waals surface area contributed by atoms with E-state index in [4.69, 9.17) is 0 Å². The van der Waals surface area contributed by atoms with Crippen LogP contribution < -0.4 is 5.32 Å². The zero-order valence-corrected chi connectivity index (χ0v) is 10.6. The van der Waals surface area contributed by atoms with E-state index in [1.807, 2.05) is 0 Å². The first kappa shape index (κ1) is 11.9. The molecule has 0 saturated heterocycles. The molecule has 0 unspecified atom stereocenters. The molecule has 0 bridgehead atoms. The minimum absolute atomic E-state index is 0.217. The fourth-order valence-electron chi connectivity index (χ4n) is 2.32. The molecule has 1 aromatic rings. The van der Waals surface area contributed by atoms with Crippen molar-refractivity contribution in [2.45, 2.75) is 30.2 Å². The van der Waals surface area contributed by atoms with E-state index in [1.54, 1.807) is 0 Å². The van der Waals surface area contributed by atoms with Gasteiger partial charge >= 0.3 is 0 Å². The van der Waals surface area contributed by atoms with Gasteiger partial charge in [0.1, 0.15) is 5.82 Å². The van der Waals surface area contributed by atoms with Crippen LogP contribution in [-0.4, -0.2) is 21.0 Å². The summed E-state index contributed by atoms with van der Waals surface area (Å²) in [5.74, 6) is -0.402. The zero-order valence-electron chi connectivity index (χ0n) is 9.82. The molecule has 1 fully saturated rings. The second-order valence-corrected chi connectivity index (χ2v) is 6.60. The molecular formula is C13H14FNO2S. The third kappa shape index (κ3) is 1.97. The topological polar surface area (TPSA) is 46.2 Å². The molecule has 96 valence electrons. The number of sulfone groups is 1. The van der Waals surface area contributed by atoms with E-state index < -0.39 is 15.7 Å². The van der Waals surface area contributed by atoms with Crippen molar-refractivity contribution < 1.29 is 12.8 Å². The highest BCUT2D eigenvalue weighted by Crippen LogP contribution is 2.33. The summed E-state index contributed by atoms with van der Waals surface area (Å²) in [5.41, 5.74) is 1.17. The van der Waals surface area contributed by atoms with Crippen molar-refractivity contribution in [3.8, 4) is 0 Å². The molecule has 1 aromatic carbocycles. The van der Waals surface area contributed by atoms with E-state index in [-0.39, 0.29) is 4.90 Å². The Kier molecular flexibility index (Phi) is 2.75. The van der Waals surface area contributed by atoms with Gasteiger partial charge in [0, 0.05) is 23.6 Å². The van der Waals surface area contributed by atoms with Crippen molar-refractivity contribution in [2.24, 2.45) is 0 Å². The molecule has 2 aliphatic rings. The zero-order chi connectivity index (χ0) is 12.8. The number of nitrogens with one attached hydrogen (secondary N) is 1. The van der Waals surface area contributed by atoms with E-state index in [0.717, 1.165) is 12.8 Å². The third-order valence-electron chi connectivity index (χ3n) is 3.58. The average molecular weight is 267 g/mol. The molecular weight excluding hydrogens is 253 g/mol. The Hall–Kier alpha value is -1.20. The summed E-state index contributed by atoms with van der Waals surface area (Å²) in [6.45, 7) is 0.486. The minimum atomic E-state index is -3.38. The smallest absolute Gasteiger partial charge is 0.200 e. The predicted molar refractivity (Wildman–Crippen MR) is 67.2 cm³/mol. The molecule has 5 heteroatoms. The number of fused-ring (bicyclic) bond motifs is 1. The lowest BCUT2D eigenvalue weighted by molar-refractivity contribution is 0.353. The minimum Gasteiger partial charge on any atom is -0.310 e. The van der Waals surface area contributed by atoms with E-state index in [1.165, 1.54) is 30.0 Å². The molecule has 0 amide bonds. The van der Waals surface area contributed by atoms with Crippen LogP contribution in [0.25, 0.3) is 5.57 Å². The summed E-state index contributed by atoms with van der Waals surface area (Å²) in [4.78, 5) is 0.217. The van der Waals surface area contributed by atoms with Gasteiger partial charge in [-0.1, -0.05) is 6.42 Å². The van der Waals surface area contributed by atoms with Gasteiger partial charge < -0.3 is 5.32 Å². The van der Waals surface area contributed by atoms with Gasteiger partial charge in [0.05, 0.1) is 4.90 Å². The van der Waals surface area contributed by atoms with Crippen LogP contribution in [0.3, 0.4) is 0 Å². The first-order valence-electron chi connectivity index (χ1n) is 6.05. The molecule has 18 heavy (non-hydrogen) atoms. The van der Waals surface area contributed by atoms with Gasteiger partial charge in [0.15, 0.2) is 0 Å². The van der Waals surface area contributed by atoms with Crippen molar-refractivity contribution in [3.05, 3.63) is 35.0 Å². The molecule has 1 aliphatic carbocycles. The summed E-state index contributed by atoms with van der Waals surface area (Å²) in [5, 5.41) is 4.56. The van der Waals surface area contributed by atoms with Gasteiger partial charge in [-0.3, -0.25) is 0 Å². The van der Waals surface area contributed by atoms with Gasteiger partial charge in [-0.2, -0.15) is 0 Å². The van der Waals surface area contributed by atoms with Crippen molar-refractivity contribution in [1.29, 1.82) is 0 Å². The van der Waals surface area contributed by atoms with Crippen LogP contribution in [-0.2, 0) is 9.84 Å². The Balaban J connectivity index is 1.89. The maximum absolute atomic E-state index is 13.2. The van der Waals surface area contributed by atoms with Gasteiger partial charge in [-0.25, -0.2) is 12.8 Å². The molecule has 3 nitrogen and oxygen atoms in total. The van der Waals surface area contributed by atoms with Crippen LogP contribution in [0.5, 0.6) is 0 Å². The molecule has 1 saturated carbocycles. The Morgan fingerprint density at radius 3 is 2.78 bits per heavy atom. The predicted octanol–water partition coefficient (Wildman–Crippen LogP) is 2.10. The number of rotatable bonds is 3. The molecule has 1 N–H and O–H groups in total. The summed E-state index contributed by atoms with van der Waals surface area (Å²) in [6.07, 6.45) is 3.49. The Bertz CT molecular complexity index is 618. The highest BCUT2D eigenvalue weighted by atomic mass is 32.2. The van der Waals surface area contributed by atoms with Crippen molar-refractivity contribution in [3.63, 3.8) is 0 Å². The van der Waals surface area contributed by atoms with Crippen molar-refractivity contribution in [1.82, 2.24) is 5.32 Å². The summed E-state index contributed by atoms with van der Waals surface area (Å²) >= 11 is 0. The lowest BCUT2D eigenvalue weighted by Gasteiger charge is -2.26. The van der Waals surface area contributed by atoms with Crippen molar-refractivity contribution >= 4 is 15.4 Å². The quantitative estimate of drug-likeness (QED) is 0.853. The van der Waals surface area contributed by atoms with Crippen LogP contribution in [0.2, 0.25) is 0 Å². The SMILES string of the molecule is O=S1(=O)C=C(CNC2CCC2)c2cc(F)ccc21. The molecule has 0 spiro atoms. The number of halogens is 1. The monoisotopic (exact) mass is 267 g/mol. The van der Waals surface area contributed by atoms with Gasteiger partial charge in [0.2, 0.25) is 9.84 Å². The molecule has 1 heterocycles. The maximum atomic E-state index is 13.2. The van der Waals surface area contributed by atoms with E-state index in [9.17, 15) is 12.8 Å². The fraction of sp³-hybridized carbons (Fsp3) is 0.385. The summed E-state index contributed by atoms with van der Waals surface area (Å²) in [7, 11) is -3.38. The van der Waals surface area contributed by atoms with Crippen LogP contribution in [0.1, 0.15) is 24.8 Å². The van der Waals surface area contributed by atoms with Crippen molar-refractivity contribution in [2.75, 3.05) is 6.54 Å². The van der Waals surface area contributed by atoms with E-state index in [0.29, 0.717) is 23.7 Å². The highest BCUT2D eigenvalue weighted by Gasteiger charge is 2.27. The van der Waals surface area contributed by atoms with Gasteiger partial charge in [-0.05, 0) is 36.6 Å². The number of hydrogen-bond donors (Lipinski definition) is 1. The van der Waals surface area contributed by atoms with Gasteiger partial charge in [0.25, 0.3) is 0 Å². The molecule has 1 aliphatic heterocycles. The number of benzene rings is 1. The Morgan fingerprint density at radius 1 is 1.33 bits per heavy atom. The van der Waals surface area contributed by atoms with Gasteiger partial charge in [-0.15, -0.1) is 0 Å². The first-order valence-corrected chi connectivity index (χ1v) is 7.60. The fourth-order valence-corrected chi connectivity index (χ4v) is 3.79. The second kappa shape index (κ2) is 4.17. The van der Waals surface area contributed by atoms with Crippen LogP contribution in [0, 0.1) is 5.82 Å². The Labute approximate surface area is 106 Å². The second-order valence-electron chi connectivity index (χ2n) is 4.84.